The highest BCUT2D eigenvalue weighted by Gasteiger charge is 2.23. The van der Waals surface area contributed by atoms with E-state index in [0.717, 1.165) is 39.8 Å². The molecule has 0 saturated heterocycles. The number of benzene rings is 2. The molecule has 5 heteroatoms. The lowest BCUT2D eigenvalue weighted by Gasteiger charge is -2.29. The number of carbonyl (C=O) groups is 1. The number of furan rings is 1. The largest absolute Gasteiger partial charge is 0.493 e. The number of aryl methyl sites for hydroxylation is 1. The van der Waals surface area contributed by atoms with Gasteiger partial charge in [0.25, 0.3) is 0 Å². The van der Waals surface area contributed by atoms with Crippen LogP contribution in [0.3, 0.4) is 0 Å². The number of hydrogen-bond donors (Lipinski definition) is 0. The highest BCUT2D eigenvalue weighted by Crippen LogP contribution is 2.33. The Kier molecular flexibility index (Phi) is 4.52. The summed E-state index contributed by atoms with van der Waals surface area (Å²) in [5.74, 6) is 1.54. The minimum Gasteiger partial charge on any atom is -0.493 e. The molecule has 1 amide bonds. The summed E-state index contributed by atoms with van der Waals surface area (Å²) in [6.07, 6.45) is 2.86. The van der Waals surface area contributed by atoms with Crippen LogP contribution in [0.25, 0.3) is 11.0 Å². The molecule has 0 unspecified atom stereocenters. The summed E-state index contributed by atoms with van der Waals surface area (Å²) in [6, 6.07) is 10.1. The van der Waals surface area contributed by atoms with Crippen LogP contribution < -0.4 is 9.47 Å². The Bertz CT molecular complexity index is 1000. The van der Waals surface area contributed by atoms with Crippen molar-refractivity contribution >= 4 is 16.9 Å². The van der Waals surface area contributed by atoms with Crippen molar-refractivity contribution in [3.63, 3.8) is 0 Å². The van der Waals surface area contributed by atoms with Crippen LogP contribution >= 0.6 is 0 Å². The van der Waals surface area contributed by atoms with Crippen LogP contribution in [0, 0.1) is 6.92 Å². The Morgan fingerprint density at radius 1 is 1.11 bits per heavy atom. The zero-order valence-electron chi connectivity index (χ0n) is 15.9. The van der Waals surface area contributed by atoms with Gasteiger partial charge < -0.3 is 18.8 Å². The minimum absolute atomic E-state index is 0.110. The molecule has 1 aliphatic rings. The molecule has 2 aromatic carbocycles. The molecule has 1 aliphatic heterocycles. The van der Waals surface area contributed by atoms with Crippen LogP contribution in [-0.4, -0.2) is 31.6 Å². The molecule has 0 bridgehead atoms. The molecular weight excluding hydrogens is 342 g/mol. The molecule has 0 aliphatic carbocycles. The summed E-state index contributed by atoms with van der Waals surface area (Å²) in [5, 5.41) is 1.01. The number of ether oxygens (including phenoxy) is 2. The number of carbonyl (C=O) groups excluding carboxylic acids is 1. The average Bonchev–Trinajstić information content (AvgIpc) is 3.07. The van der Waals surface area contributed by atoms with Gasteiger partial charge in [-0.3, -0.25) is 4.79 Å². The number of nitrogens with zero attached hydrogens (tertiary/aromatic N) is 1. The second-order valence-electron chi connectivity index (χ2n) is 6.98. The van der Waals surface area contributed by atoms with E-state index in [1.165, 1.54) is 5.56 Å². The fourth-order valence-corrected chi connectivity index (χ4v) is 3.70. The van der Waals surface area contributed by atoms with Crippen LogP contribution in [0.15, 0.2) is 41.0 Å². The Balaban J connectivity index is 1.53. The summed E-state index contributed by atoms with van der Waals surface area (Å²) in [6.45, 7) is 3.32. The zero-order valence-corrected chi connectivity index (χ0v) is 15.9. The molecule has 140 valence electrons. The molecule has 4 rings (SSSR count). The lowest BCUT2D eigenvalue weighted by molar-refractivity contribution is -0.131. The second-order valence-corrected chi connectivity index (χ2v) is 6.98. The molecule has 0 spiro atoms. The average molecular weight is 365 g/mol. The van der Waals surface area contributed by atoms with Crippen molar-refractivity contribution in [1.29, 1.82) is 0 Å². The maximum absolute atomic E-state index is 12.9. The van der Waals surface area contributed by atoms with Gasteiger partial charge in [-0.05, 0) is 48.2 Å². The predicted molar refractivity (Wildman–Crippen MR) is 103 cm³/mol. The van der Waals surface area contributed by atoms with Crippen LogP contribution in [0.5, 0.6) is 11.5 Å². The van der Waals surface area contributed by atoms with Gasteiger partial charge in [0.05, 0.1) is 26.9 Å². The smallest absolute Gasteiger partial charge is 0.227 e. The summed E-state index contributed by atoms with van der Waals surface area (Å²) in [5.41, 5.74) is 5.24. The van der Waals surface area contributed by atoms with E-state index in [1.807, 2.05) is 42.2 Å². The SMILES string of the molecule is COc1cc2c(cc1OC)CN(C(=O)Cc1coc3cc(C)ccc13)CC2. The number of methoxy groups -OCH3 is 2. The lowest BCUT2D eigenvalue weighted by Crippen LogP contribution is -2.36. The topological polar surface area (TPSA) is 51.9 Å². The van der Waals surface area contributed by atoms with E-state index < -0.39 is 0 Å². The molecule has 3 aromatic rings. The van der Waals surface area contributed by atoms with Crippen LogP contribution in [-0.2, 0) is 24.2 Å². The van der Waals surface area contributed by atoms with Gasteiger partial charge in [-0.1, -0.05) is 12.1 Å². The van der Waals surface area contributed by atoms with E-state index in [-0.39, 0.29) is 5.91 Å². The summed E-state index contributed by atoms with van der Waals surface area (Å²) in [4.78, 5) is 14.8. The van der Waals surface area contributed by atoms with Crippen LogP contribution in [0.1, 0.15) is 22.3 Å². The number of amides is 1. The van der Waals surface area contributed by atoms with Gasteiger partial charge >= 0.3 is 0 Å². The van der Waals surface area contributed by atoms with E-state index in [0.29, 0.717) is 25.3 Å². The first kappa shape index (κ1) is 17.5. The fourth-order valence-electron chi connectivity index (χ4n) is 3.70. The Morgan fingerprint density at radius 2 is 1.85 bits per heavy atom. The molecule has 2 heterocycles. The highest BCUT2D eigenvalue weighted by atomic mass is 16.5. The van der Waals surface area contributed by atoms with E-state index in [2.05, 4.69) is 0 Å². The van der Waals surface area contributed by atoms with Crippen molar-refractivity contribution in [3.8, 4) is 11.5 Å². The monoisotopic (exact) mass is 365 g/mol. The molecule has 0 radical (unpaired) electrons. The molecule has 0 saturated carbocycles. The molecule has 0 atom stereocenters. The minimum atomic E-state index is 0.110. The van der Waals surface area contributed by atoms with Crippen molar-refractivity contribution < 1.29 is 18.7 Å². The molecule has 0 N–H and O–H groups in total. The van der Waals surface area contributed by atoms with Crippen molar-refractivity contribution in [2.24, 2.45) is 0 Å². The second kappa shape index (κ2) is 6.99. The van der Waals surface area contributed by atoms with Gasteiger partial charge in [-0.2, -0.15) is 0 Å². The molecule has 5 nitrogen and oxygen atoms in total. The van der Waals surface area contributed by atoms with Crippen LogP contribution in [0.4, 0.5) is 0 Å². The summed E-state index contributed by atoms with van der Waals surface area (Å²) >= 11 is 0. The Hall–Kier alpha value is -2.95. The van der Waals surface area contributed by atoms with Crippen molar-refractivity contribution in [2.75, 3.05) is 20.8 Å². The van der Waals surface area contributed by atoms with E-state index in [4.69, 9.17) is 13.9 Å². The molecule has 0 fully saturated rings. The van der Waals surface area contributed by atoms with E-state index in [1.54, 1.807) is 20.5 Å². The standard InChI is InChI=1S/C22H23NO4/c1-14-4-5-18-17(13-27-19(18)8-14)11-22(24)23-7-6-15-9-20(25-2)21(26-3)10-16(15)12-23/h4-5,8-10,13H,6-7,11-12H2,1-3H3. The first-order valence-electron chi connectivity index (χ1n) is 9.07. The lowest BCUT2D eigenvalue weighted by atomic mass is 9.98. The fraction of sp³-hybridized carbons (Fsp3) is 0.318. The van der Waals surface area contributed by atoms with Crippen molar-refractivity contribution in [2.45, 2.75) is 26.3 Å². The normalized spacial score (nSPS) is 13.5. The quantitative estimate of drug-likeness (QED) is 0.704. The van der Waals surface area contributed by atoms with Gasteiger partial charge in [0.15, 0.2) is 11.5 Å². The van der Waals surface area contributed by atoms with Gasteiger partial charge in [-0.25, -0.2) is 0 Å². The maximum Gasteiger partial charge on any atom is 0.227 e. The van der Waals surface area contributed by atoms with Gasteiger partial charge in [-0.15, -0.1) is 0 Å². The van der Waals surface area contributed by atoms with Crippen molar-refractivity contribution in [3.05, 3.63) is 58.8 Å². The predicted octanol–water partition coefficient (Wildman–Crippen LogP) is 3.89. The maximum atomic E-state index is 12.9. The van der Waals surface area contributed by atoms with Crippen molar-refractivity contribution in [1.82, 2.24) is 4.90 Å². The summed E-state index contributed by atoms with van der Waals surface area (Å²) < 4.78 is 16.4. The van der Waals surface area contributed by atoms with Gasteiger partial charge in [0, 0.05) is 24.0 Å². The van der Waals surface area contributed by atoms with E-state index in [9.17, 15) is 4.79 Å². The highest BCUT2D eigenvalue weighted by molar-refractivity contribution is 5.88. The first-order valence-corrected chi connectivity index (χ1v) is 9.07. The zero-order chi connectivity index (χ0) is 19.0. The third kappa shape index (κ3) is 3.25. The van der Waals surface area contributed by atoms with Crippen LogP contribution in [0.2, 0.25) is 0 Å². The van der Waals surface area contributed by atoms with Gasteiger partial charge in [0.1, 0.15) is 5.58 Å². The first-order chi connectivity index (χ1) is 13.1. The molecular formula is C22H23NO4. The molecule has 1 aromatic heterocycles. The van der Waals surface area contributed by atoms with E-state index >= 15 is 0 Å². The molecule has 27 heavy (non-hydrogen) atoms. The Labute approximate surface area is 158 Å². The third-order valence-corrected chi connectivity index (χ3v) is 5.22. The number of fused-ring (bicyclic) bond motifs is 2. The van der Waals surface area contributed by atoms with Gasteiger partial charge in [0.2, 0.25) is 5.91 Å². The number of rotatable bonds is 4. The third-order valence-electron chi connectivity index (χ3n) is 5.22. The Morgan fingerprint density at radius 3 is 2.59 bits per heavy atom. The number of hydrogen-bond acceptors (Lipinski definition) is 4. The summed E-state index contributed by atoms with van der Waals surface area (Å²) in [7, 11) is 3.27.